The largest absolute Gasteiger partial charge is 0.440 e. The summed E-state index contributed by atoms with van der Waals surface area (Å²) in [6.07, 6.45) is 4.06. The molecule has 3 rings (SSSR count). The van der Waals surface area contributed by atoms with Gasteiger partial charge in [-0.2, -0.15) is 0 Å². The van der Waals surface area contributed by atoms with Gasteiger partial charge in [0.05, 0.1) is 0 Å². The van der Waals surface area contributed by atoms with Gasteiger partial charge in [-0.25, -0.2) is 4.98 Å². The van der Waals surface area contributed by atoms with Crippen LogP contribution in [0.5, 0.6) is 0 Å². The quantitative estimate of drug-likeness (QED) is 0.676. The molecular formula is C15H16N2O. The lowest BCUT2D eigenvalue weighted by Crippen LogP contribution is -1.90. The highest BCUT2D eigenvalue weighted by molar-refractivity contribution is 5.79. The molecule has 0 spiro atoms. The molecule has 0 fully saturated rings. The molecule has 0 saturated heterocycles. The van der Waals surface area contributed by atoms with E-state index in [1.807, 2.05) is 24.5 Å². The Bertz CT molecular complexity index is 678. The van der Waals surface area contributed by atoms with E-state index in [1.54, 1.807) is 0 Å². The molecule has 3 nitrogen and oxygen atoms in total. The fraction of sp³-hybridized carbons (Fsp3) is 0.267. The number of nitrogens with zero attached hydrogens (tertiary/aromatic N) is 2. The summed E-state index contributed by atoms with van der Waals surface area (Å²) in [7, 11) is 0. The summed E-state index contributed by atoms with van der Waals surface area (Å²) >= 11 is 0. The summed E-state index contributed by atoms with van der Waals surface area (Å²) in [5.74, 6) is 1.12. The van der Waals surface area contributed by atoms with Crippen molar-refractivity contribution in [2.45, 2.75) is 26.7 Å². The molecule has 0 atom stereocenters. The minimum absolute atomic E-state index is 0.312. The predicted octanol–water partition coefficient (Wildman–Crippen LogP) is 4.05. The highest BCUT2D eigenvalue weighted by Gasteiger charge is 2.12. The minimum atomic E-state index is 0.312. The number of oxazole rings is 1. The SMILES string of the molecule is Cc1cc(-n2cccc2)cc2nc(C(C)C)oc12. The molecule has 0 amide bonds. The number of aryl methyl sites for hydroxylation is 1. The zero-order chi connectivity index (χ0) is 12.7. The van der Waals surface area contributed by atoms with Gasteiger partial charge in [0.15, 0.2) is 11.5 Å². The first kappa shape index (κ1) is 11.1. The van der Waals surface area contributed by atoms with Crippen molar-refractivity contribution in [1.82, 2.24) is 9.55 Å². The number of hydrogen-bond donors (Lipinski definition) is 0. The maximum absolute atomic E-state index is 5.81. The van der Waals surface area contributed by atoms with Crippen LogP contribution < -0.4 is 0 Å². The van der Waals surface area contributed by atoms with E-state index >= 15 is 0 Å². The van der Waals surface area contributed by atoms with E-state index in [0.717, 1.165) is 28.2 Å². The van der Waals surface area contributed by atoms with Gasteiger partial charge in [-0.3, -0.25) is 0 Å². The fourth-order valence-electron chi connectivity index (χ4n) is 2.10. The van der Waals surface area contributed by atoms with Crippen LogP contribution in [-0.2, 0) is 0 Å². The van der Waals surface area contributed by atoms with Crippen molar-refractivity contribution in [1.29, 1.82) is 0 Å². The maximum atomic E-state index is 5.81. The molecule has 1 aromatic carbocycles. The second-order valence-electron chi connectivity index (χ2n) is 4.91. The zero-order valence-electron chi connectivity index (χ0n) is 10.8. The Morgan fingerprint density at radius 3 is 2.56 bits per heavy atom. The molecule has 0 bridgehead atoms. The van der Waals surface area contributed by atoms with Crippen molar-refractivity contribution in [3.8, 4) is 5.69 Å². The average molecular weight is 240 g/mol. The third-order valence-corrected chi connectivity index (χ3v) is 3.07. The van der Waals surface area contributed by atoms with Gasteiger partial charge in [-0.15, -0.1) is 0 Å². The van der Waals surface area contributed by atoms with Gasteiger partial charge in [0.1, 0.15) is 5.52 Å². The first-order chi connectivity index (χ1) is 8.65. The van der Waals surface area contributed by atoms with Gasteiger partial charge >= 0.3 is 0 Å². The molecule has 0 aliphatic carbocycles. The maximum Gasteiger partial charge on any atom is 0.198 e. The van der Waals surface area contributed by atoms with Gasteiger partial charge in [0, 0.05) is 24.0 Å². The van der Waals surface area contributed by atoms with Crippen LogP contribution in [0.2, 0.25) is 0 Å². The minimum Gasteiger partial charge on any atom is -0.440 e. The Morgan fingerprint density at radius 1 is 1.17 bits per heavy atom. The summed E-state index contributed by atoms with van der Waals surface area (Å²) in [6, 6.07) is 8.22. The Hall–Kier alpha value is -2.03. The fourth-order valence-corrected chi connectivity index (χ4v) is 2.10. The van der Waals surface area contributed by atoms with E-state index < -0.39 is 0 Å². The van der Waals surface area contributed by atoms with Gasteiger partial charge in [-0.05, 0) is 36.8 Å². The van der Waals surface area contributed by atoms with E-state index in [4.69, 9.17) is 4.42 Å². The smallest absolute Gasteiger partial charge is 0.198 e. The molecule has 3 aromatic rings. The Balaban J connectivity index is 2.21. The molecule has 18 heavy (non-hydrogen) atoms. The van der Waals surface area contributed by atoms with Crippen LogP contribution in [0.15, 0.2) is 41.1 Å². The normalized spacial score (nSPS) is 11.6. The van der Waals surface area contributed by atoms with Gasteiger partial charge in [-0.1, -0.05) is 13.8 Å². The van der Waals surface area contributed by atoms with Crippen LogP contribution in [0.4, 0.5) is 0 Å². The Labute approximate surface area is 106 Å². The van der Waals surface area contributed by atoms with Crippen molar-refractivity contribution in [3.63, 3.8) is 0 Å². The third kappa shape index (κ3) is 1.72. The molecule has 0 radical (unpaired) electrons. The van der Waals surface area contributed by atoms with E-state index in [-0.39, 0.29) is 0 Å². The Morgan fingerprint density at radius 2 is 1.89 bits per heavy atom. The molecule has 2 aromatic heterocycles. The van der Waals surface area contributed by atoms with Crippen molar-refractivity contribution >= 4 is 11.1 Å². The second-order valence-corrected chi connectivity index (χ2v) is 4.91. The summed E-state index contributed by atoms with van der Waals surface area (Å²) in [5.41, 5.74) is 4.07. The molecule has 0 aliphatic heterocycles. The van der Waals surface area contributed by atoms with Crippen LogP contribution in [-0.4, -0.2) is 9.55 Å². The number of aromatic nitrogens is 2. The average Bonchev–Trinajstić information content (AvgIpc) is 2.97. The lowest BCUT2D eigenvalue weighted by Gasteiger charge is -2.03. The van der Waals surface area contributed by atoms with Crippen LogP contribution in [0.3, 0.4) is 0 Å². The number of rotatable bonds is 2. The monoisotopic (exact) mass is 240 g/mol. The number of hydrogen-bond acceptors (Lipinski definition) is 2. The second kappa shape index (κ2) is 4.02. The van der Waals surface area contributed by atoms with Gasteiger partial charge in [0.2, 0.25) is 0 Å². The van der Waals surface area contributed by atoms with Crippen LogP contribution in [0.25, 0.3) is 16.8 Å². The summed E-state index contributed by atoms with van der Waals surface area (Å²) in [5, 5.41) is 0. The first-order valence-electron chi connectivity index (χ1n) is 6.19. The lowest BCUT2D eigenvalue weighted by molar-refractivity contribution is 0.500. The Kier molecular flexibility index (Phi) is 2.47. The highest BCUT2D eigenvalue weighted by atomic mass is 16.3. The first-order valence-corrected chi connectivity index (χ1v) is 6.19. The molecule has 0 saturated carbocycles. The summed E-state index contributed by atoms with van der Waals surface area (Å²) in [6.45, 7) is 6.24. The summed E-state index contributed by atoms with van der Waals surface area (Å²) in [4.78, 5) is 4.56. The van der Waals surface area contributed by atoms with Crippen molar-refractivity contribution in [2.75, 3.05) is 0 Å². The molecular weight excluding hydrogens is 224 g/mol. The van der Waals surface area contributed by atoms with Crippen LogP contribution in [0, 0.1) is 6.92 Å². The lowest BCUT2D eigenvalue weighted by atomic mass is 10.2. The summed E-state index contributed by atoms with van der Waals surface area (Å²) < 4.78 is 7.89. The van der Waals surface area contributed by atoms with Gasteiger partial charge < -0.3 is 8.98 Å². The van der Waals surface area contributed by atoms with E-state index in [9.17, 15) is 0 Å². The predicted molar refractivity (Wildman–Crippen MR) is 72.2 cm³/mol. The van der Waals surface area contributed by atoms with Crippen LogP contribution >= 0.6 is 0 Å². The van der Waals surface area contributed by atoms with Crippen LogP contribution in [0.1, 0.15) is 31.2 Å². The number of benzene rings is 1. The van der Waals surface area contributed by atoms with E-state index in [1.165, 1.54) is 0 Å². The molecule has 92 valence electrons. The molecule has 3 heteroatoms. The number of fused-ring (bicyclic) bond motifs is 1. The van der Waals surface area contributed by atoms with Gasteiger partial charge in [0.25, 0.3) is 0 Å². The molecule has 2 heterocycles. The molecule has 0 aliphatic rings. The zero-order valence-corrected chi connectivity index (χ0v) is 10.8. The molecule has 0 N–H and O–H groups in total. The molecule has 0 unspecified atom stereocenters. The third-order valence-electron chi connectivity index (χ3n) is 3.07. The topological polar surface area (TPSA) is 31.0 Å². The van der Waals surface area contributed by atoms with Crippen molar-refractivity contribution < 1.29 is 4.42 Å². The van der Waals surface area contributed by atoms with E-state index in [2.05, 4.69) is 42.5 Å². The standard InChI is InChI=1S/C15H16N2O/c1-10(2)15-16-13-9-12(17-6-4-5-7-17)8-11(3)14(13)18-15/h4-10H,1-3H3. The highest BCUT2D eigenvalue weighted by Crippen LogP contribution is 2.26. The van der Waals surface area contributed by atoms with E-state index in [0.29, 0.717) is 5.92 Å². The van der Waals surface area contributed by atoms with Crippen molar-refractivity contribution in [3.05, 3.63) is 48.1 Å². The van der Waals surface area contributed by atoms with Crippen molar-refractivity contribution in [2.24, 2.45) is 0 Å².